The summed E-state index contributed by atoms with van der Waals surface area (Å²) in [5, 5.41) is 8.52. The van der Waals surface area contributed by atoms with E-state index in [2.05, 4.69) is 31.2 Å². The first-order valence-corrected chi connectivity index (χ1v) is 19.7. The van der Waals surface area contributed by atoms with Crippen molar-refractivity contribution in [2.24, 2.45) is 0 Å². The lowest BCUT2D eigenvalue weighted by Gasteiger charge is -2.49. The van der Waals surface area contributed by atoms with Crippen molar-refractivity contribution >= 4 is 35.5 Å². The number of phosphoric acid groups is 1. The van der Waals surface area contributed by atoms with Crippen LogP contribution >= 0.6 is 35.5 Å². The van der Waals surface area contributed by atoms with Gasteiger partial charge in [-0.05, 0) is 75.7 Å². The van der Waals surface area contributed by atoms with E-state index in [4.69, 9.17) is 32.5 Å². The Morgan fingerprint density at radius 1 is 0.981 bits per heavy atom. The highest BCUT2D eigenvalue weighted by Crippen LogP contribution is 2.56. The van der Waals surface area contributed by atoms with Gasteiger partial charge in [-0.2, -0.15) is 0 Å². The van der Waals surface area contributed by atoms with E-state index in [9.17, 15) is 17.7 Å². The summed E-state index contributed by atoms with van der Waals surface area (Å²) < 4.78 is 102. The van der Waals surface area contributed by atoms with Gasteiger partial charge in [0.05, 0.1) is 24.0 Å². The maximum Gasteiger partial charge on any atom is 0.477 e. The molecule has 2 aliphatic heterocycles. The van der Waals surface area contributed by atoms with Crippen molar-refractivity contribution in [3.63, 3.8) is 0 Å². The van der Waals surface area contributed by atoms with Gasteiger partial charge in [0.15, 0.2) is 30.5 Å². The number of hydrogen-bond donors (Lipinski definition) is 0. The molecule has 0 spiro atoms. The molecule has 53 heavy (non-hydrogen) atoms. The quantitative estimate of drug-likeness (QED) is 0.0814. The van der Waals surface area contributed by atoms with Gasteiger partial charge >= 0.3 is 7.82 Å². The Balaban J connectivity index is 1.40. The van der Waals surface area contributed by atoms with Crippen LogP contribution in [0.4, 0.5) is 13.2 Å². The maximum atomic E-state index is 14.3. The number of nitrogens with zero attached hydrogens (tertiary/aromatic N) is 4. The number of phosphoric ester groups is 1. The molecule has 2 aromatic heterocycles. The van der Waals surface area contributed by atoms with Crippen LogP contribution in [0.15, 0.2) is 76.5 Å². The van der Waals surface area contributed by atoms with E-state index in [1.54, 1.807) is 53.9 Å². The largest absolute Gasteiger partial charge is 0.477 e. The molecule has 18 heteroatoms. The second kappa shape index (κ2) is 16.2. The van der Waals surface area contributed by atoms with Crippen molar-refractivity contribution in [3.8, 4) is 11.3 Å². The smallest absolute Gasteiger partial charge is 0.356 e. The zero-order chi connectivity index (χ0) is 38.1. The van der Waals surface area contributed by atoms with E-state index in [1.807, 2.05) is 36.4 Å². The van der Waals surface area contributed by atoms with Gasteiger partial charge in [0, 0.05) is 32.9 Å². The van der Waals surface area contributed by atoms with Crippen LogP contribution in [0.1, 0.15) is 59.4 Å². The van der Waals surface area contributed by atoms with Gasteiger partial charge in [-0.1, -0.05) is 47.3 Å². The second-order valence-electron chi connectivity index (χ2n) is 14.2. The van der Waals surface area contributed by atoms with Crippen LogP contribution < -0.4 is 0 Å². The number of hydrogen-bond acceptors (Lipinski definition) is 12. The Kier molecular flexibility index (Phi) is 12.2. The van der Waals surface area contributed by atoms with Gasteiger partial charge in [0.25, 0.3) is 0 Å². The van der Waals surface area contributed by atoms with Crippen molar-refractivity contribution < 1.29 is 50.3 Å². The Bertz CT molecular complexity index is 1890. The van der Waals surface area contributed by atoms with Crippen molar-refractivity contribution in [1.29, 1.82) is 0 Å². The summed E-state index contributed by atoms with van der Waals surface area (Å²) in [5.74, 6) is -4.36. The van der Waals surface area contributed by atoms with Crippen LogP contribution in [0.5, 0.6) is 0 Å². The SMILES string of the molecule is CC(C)(C)OP(=O)(OCO[C@H]1C(n2cc(-c3cc(F)c(F)c(F)c3)nn2)[C@H]2OC(c3ccccc3)OCC2O[C@@H]1Sc1cncc(Br)c1)OC(C)(C)C. The van der Waals surface area contributed by atoms with Crippen LogP contribution in [0.25, 0.3) is 11.3 Å². The van der Waals surface area contributed by atoms with Crippen molar-refractivity contribution in [3.05, 3.63) is 94.6 Å². The Hall–Kier alpha value is -2.70. The topological polar surface area (TPSA) is 125 Å². The van der Waals surface area contributed by atoms with Gasteiger partial charge in [0.1, 0.15) is 35.5 Å². The normalized spacial score (nSPS) is 23.9. The minimum absolute atomic E-state index is 0.0437. The molecule has 0 saturated carbocycles. The van der Waals surface area contributed by atoms with Gasteiger partial charge in [0.2, 0.25) is 0 Å². The molecule has 4 heterocycles. The fourth-order valence-electron chi connectivity index (χ4n) is 5.68. The fraction of sp³-hybridized carbons (Fsp3) is 0.457. The Morgan fingerprint density at radius 2 is 1.66 bits per heavy atom. The lowest BCUT2D eigenvalue weighted by Crippen LogP contribution is -2.59. The molecule has 0 aliphatic carbocycles. The van der Waals surface area contributed by atoms with Crippen LogP contribution in [-0.4, -0.2) is 68.3 Å². The number of rotatable bonds is 11. The summed E-state index contributed by atoms with van der Waals surface area (Å²) in [4.78, 5) is 4.99. The first-order chi connectivity index (χ1) is 25.0. The molecule has 0 amide bonds. The van der Waals surface area contributed by atoms with E-state index in [0.717, 1.165) is 22.2 Å². The monoisotopic (exact) mass is 842 g/mol. The number of fused-ring (bicyclic) bond motifs is 1. The minimum Gasteiger partial charge on any atom is -0.356 e. The average molecular weight is 844 g/mol. The molecule has 0 N–H and O–H groups in total. The van der Waals surface area contributed by atoms with E-state index in [0.29, 0.717) is 4.90 Å². The van der Waals surface area contributed by atoms with E-state index < -0.39 is 79.3 Å². The van der Waals surface area contributed by atoms with Gasteiger partial charge < -0.3 is 18.9 Å². The molecule has 2 saturated heterocycles. The lowest BCUT2D eigenvalue weighted by molar-refractivity contribution is -0.313. The summed E-state index contributed by atoms with van der Waals surface area (Å²) >= 11 is 4.74. The molecule has 0 radical (unpaired) electrons. The Morgan fingerprint density at radius 3 is 2.30 bits per heavy atom. The van der Waals surface area contributed by atoms with Crippen LogP contribution in [0.3, 0.4) is 0 Å². The predicted octanol–water partition coefficient (Wildman–Crippen LogP) is 8.79. The van der Waals surface area contributed by atoms with Crippen molar-refractivity contribution in [2.45, 2.75) is 93.7 Å². The molecule has 286 valence electrons. The number of aromatic nitrogens is 4. The summed E-state index contributed by atoms with van der Waals surface area (Å²) in [7, 11) is -4.22. The number of thioether (sulfide) groups is 1. The summed E-state index contributed by atoms with van der Waals surface area (Å²) in [6.45, 7) is 9.81. The molecule has 2 aromatic carbocycles. The van der Waals surface area contributed by atoms with Gasteiger partial charge in [-0.3, -0.25) is 18.6 Å². The third-order valence-corrected chi connectivity index (χ3v) is 11.2. The molecule has 6 rings (SSSR count). The average Bonchev–Trinajstić information content (AvgIpc) is 3.55. The van der Waals surface area contributed by atoms with Gasteiger partial charge in [-0.15, -0.1) is 5.10 Å². The third kappa shape index (κ3) is 10.1. The van der Waals surface area contributed by atoms with E-state index in [-0.39, 0.29) is 17.9 Å². The lowest BCUT2D eigenvalue weighted by atomic mass is 9.95. The molecule has 6 atom stereocenters. The molecule has 12 nitrogen and oxygen atoms in total. The number of pyridine rings is 1. The highest BCUT2D eigenvalue weighted by atomic mass is 79.9. The number of benzene rings is 2. The van der Waals surface area contributed by atoms with Crippen molar-refractivity contribution in [1.82, 2.24) is 20.0 Å². The maximum absolute atomic E-state index is 14.3. The molecular formula is C35H39BrF3N4O8PS. The van der Waals surface area contributed by atoms with Gasteiger partial charge in [-0.25, -0.2) is 22.4 Å². The first kappa shape index (κ1) is 40.0. The summed E-state index contributed by atoms with van der Waals surface area (Å²) in [5.41, 5.74) is -1.88. The molecule has 2 aliphatic rings. The molecular weight excluding hydrogens is 804 g/mol. The van der Waals surface area contributed by atoms with E-state index >= 15 is 0 Å². The summed E-state index contributed by atoms with van der Waals surface area (Å²) in [6.07, 6.45) is 1.46. The highest BCUT2D eigenvalue weighted by Gasteiger charge is 2.53. The van der Waals surface area contributed by atoms with Crippen LogP contribution in [0, 0.1) is 17.5 Å². The van der Waals surface area contributed by atoms with Crippen molar-refractivity contribution in [2.75, 3.05) is 13.4 Å². The van der Waals surface area contributed by atoms with E-state index in [1.165, 1.54) is 22.6 Å². The molecule has 3 unspecified atom stereocenters. The predicted molar refractivity (Wildman–Crippen MR) is 191 cm³/mol. The molecule has 4 aromatic rings. The number of halogens is 4. The highest BCUT2D eigenvalue weighted by molar-refractivity contribution is 9.10. The zero-order valence-electron chi connectivity index (χ0n) is 29.7. The molecule has 2 fully saturated rings. The first-order valence-electron chi connectivity index (χ1n) is 16.6. The van der Waals surface area contributed by atoms with Crippen LogP contribution in [-0.2, 0) is 37.1 Å². The standard InChI is InChI=1S/C35H39BrF3N4O8PS/c1-34(2,3)50-52(44,51-35(4,5)6)47-19-46-31-29(43-17-26(41-42-43)21-12-24(37)28(39)25(38)13-21)30-27(18-45-32(49-30)20-10-8-7-9-11-20)48-33(31)53-23-14-22(36)15-40-16-23/h7-17,27,29-33H,18-19H2,1-6H3/t27?,29?,30-,31-,32?,33+/m0/s1. The summed E-state index contributed by atoms with van der Waals surface area (Å²) in [6, 6.07) is 11.9. The third-order valence-electron chi connectivity index (χ3n) is 7.65. The van der Waals surface area contributed by atoms with Crippen LogP contribution in [0.2, 0.25) is 0 Å². The fourth-order valence-corrected chi connectivity index (χ4v) is 9.03. The Labute approximate surface area is 317 Å². The zero-order valence-corrected chi connectivity index (χ0v) is 32.9. The minimum atomic E-state index is -4.22. The number of ether oxygens (including phenoxy) is 4. The second-order valence-corrected chi connectivity index (χ2v) is 17.8. The molecule has 0 bridgehead atoms.